The normalized spacial score (nSPS) is 16.6. The molecule has 6 N–H and O–H groups in total. The fourth-order valence-corrected chi connectivity index (χ4v) is 5.71. The molecule has 13 heteroatoms. The molecule has 0 radical (unpaired) electrons. The van der Waals surface area contributed by atoms with Gasteiger partial charge < -0.3 is 41.0 Å². The third kappa shape index (κ3) is 8.37. The highest BCUT2D eigenvalue weighted by molar-refractivity contribution is 6.06. The highest BCUT2D eigenvalue weighted by Crippen LogP contribution is 2.31. The van der Waals surface area contributed by atoms with Crippen molar-refractivity contribution in [2.75, 3.05) is 48.4 Å². The minimum Gasteiger partial charge on any atom is -0.488 e. The second-order valence-corrected chi connectivity index (χ2v) is 12.5. The number of hydrogen-bond acceptors (Lipinski definition) is 9. The van der Waals surface area contributed by atoms with Crippen LogP contribution in [0, 0.1) is 19.8 Å². The van der Waals surface area contributed by atoms with Crippen LogP contribution in [0.1, 0.15) is 51.6 Å². The van der Waals surface area contributed by atoms with Crippen LogP contribution in [0.4, 0.5) is 27.5 Å². The van der Waals surface area contributed by atoms with Crippen molar-refractivity contribution in [2.45, 2.75) is 46.4 Å². The summed E-state index contributed by atoms with van der Waals surface area (Å²) in [5.41, 5.74) is 10.2. The zero-order chi connectivity index (χ0) is 35.2. The minimum atomic E-state index is -0.517. The average molecular weight is 670 g/mol. The van der Waals surface area contributed by atoms with Crippen molar-refractivity contribution in [3.05, 3.63) is 94.9 Å². The van der Waals surface area contributed by atoms with E-state index >= 15 is 0 Å². The summed E-state index contributed by atoms with van der Waals surface area (Å²) in [6.07, 6.45) is -0.312. The number of carbonyl (C=O) groups excluding carboxylic acids is 3. The number of nitrogens with zero attached hydrogens (tertiary/aromatic N) is 3. The second-order valence-electron chi connectivity index (χ2n) is 12.5. The Labute approximate surface area is 285 Å². The van der Waals surface area contributed by atoms with Crippen molar-refractivity contribution in [1.29, 1.82) is 0 Å². The lowest BCUT2D eigenvalue weighted by Crippen LogP contribution is -2.49. The first-order valence-electron chi connectivity index (χ1n) is 16.1. The first kappa shape index (κ1) is 34.9. The van der Waals surface area contributed by atoms with Crippen molar-refractivity contribution >= 4 is 40.6 Å². The number of nitrogens with two attached hydrogens (primary N) is 1. The minimum absolute atomic E-state index is 0.0799. The molecular formula is C36H43N7O6. The lowest BCUT2D eigenvalue weighted by molar-refractivity contribution is 0.0341. The van der Waals surface area contributed by atoms with Crippen LogP contribution in [0.5, 0.6) is 5.75 Å². The van der Waals surface area contributed by atoms with Gasteiger partial charge in [-0.2, -0.15) is 0 Å². The molecule has 0 saturated carbocycles. The molecule has 4 amide bonds. The van der Waals surface area contributed by atoms with Crippen LogP contribution in [0.15, 0.2) is 71.3 Å². The van der Waals surface area contributed by atoms with E-state index in [2.05, 4.69) is 26.0 Å². The van der Waals surface area contributed by atoms with Gasteiger partial charge >= 0.3 is 6.03 Å². The predicted octanol–water partition coefficient (Wildman–Crippen LogP) is 5.12. The van der Waals surface area contributed by atoms with Crippen LogP contribution in [0.3, 0.4) is 0 Å². The van der Waals surface area contributed by atoms with Gasteiger partial charge in [0.05, 0.1) is 29.6 Å². The molecule has 3 atom stereocenters. The molecule has 1 aliphatic heterocycles. The fourth-order valence-electron chi connectivity index (χ4n) is 5.71. The van der Waals surface area contributed by atoms with Crippen molar-refractivity contribution in [2.24, 2.45) is 5.92 Å². The van der Waals surface area contributed by atoms with Gasteiger partial charge in [0.15, 0.2) is 5.76 Å². The van der Waals surface area contributed by atoms with Crippen molar-refractivity contribution in [1.82, 2.24) is 15.0 Å². The molecule has 0 aliphatic carbocycles. The Morgan fingerprint density at radius 1 is 1.08 bits per heavy atom. The number of carbonyl (C=O) groups is 3. The van der Waals surface area contributed by atoms with E-state index in [1.54, 1.807) is 68.1 Å². The molecule has 2 heterocycles. The number of aliphatic hydroxyl groups excluding tert-OH is 1. The van der Waals surface area contributed by atoms with Gasteiger partial charge in [0.2, 0.25) is 0 Å². The monoisotopic (exact) mass is 669 g/mol. The van der Waals surface area contributed by atoms with Crippen LogP contribution in [-0.2, 0) is 6.54 Å². The van der Waals surface area contributed by atoms with Gasteiger partial charge in [-0.15, -0.1) is 0 Å². The Morgan fingerprint density at radius 2 is 1.82 bits per heavy atom. The number of likely N-dealkylation sites (N-methyl/N-ethyl adjacent to an activating group) is 1. The van der Waals surface area contributed by atoms with E-state index in [4.69, 9.17) is 15.0 Å². The molecule has 0 unspecified atom stereocenters. The Balaban J connectivity index is 1.29. The number of benzene rings is 3. The lowest BCUT2D eigenvalue weighted by Gasteiger charge is -2.38. The van der Waals surface area contributed by atoms with Crippen molar-refractivity contribution < 1.29 is 28.8 Å². The fraction of sp³-hybridized carbons (Fsp3) is 0.333. The molecule has 0 spiro atoms. The standard InChI is InChI=1S/C36H43N7O6/c1-21-17-43(22(2)20-44)35(46)28-16-27(38-36(47)40-33-23(3)41-49-24(33)4)14-15-31(28)48-32(21)19-42(5)18-25-10-12-26(13-11-25)34(45)39-30-9-7-6-8-29(30)37/h6-16,21-22,32,44H,17-20,37H2,1-5H3,(H,39,45)(H2,38,40,47)/t21-,22-,32-/m0/s1. The lowest BCUT2D eigenvalue weighted by atomic mass is 9.99. The van der Waals surface area contributed by atoms with Crippen molar-refractivity contribution in [3.63, 3.8) is 0 Å². The number of nitrogen functional groups attached to an aromatic ring is 1. The smallest absolute Gasteiger partial charge is 0.323 e. The first-order chi connectivity index (χ1) is 23.4. The van der Waals surface area contributed by atoms with Crippen LogP contribution in [0.2, 0.25) is 0 Å². The number of anilines is 4. The quantitative estimate of drug-likeness (QED) is 0.144. The Hall–Kier alpha value is -5.40. The molecule has 13 nitrogen and oxygen atoms in total. The number of amides is 4. The number of ether oxygens (including phenoxy) is 1. The van der Waals surface area contributed by atoms with E-state index < -0.39 is 12.1 Å². The van der Waals surface area contributed by atoms with Crippen LogP contribution < -0.4 is 26.4 Å². The number of rotatable bonds is 10. The molecule has 4 aromatic rings. The molecule has 0 bridgehead atoms. The van der Waals surface area contributed by atoms with Gasteiger partial charge in [-0.1, -0.05) is 36.3 Å². The Morgan fingerprint density at radius 3 is 2.49 bits per heavy atom. The topological polar surface area (TPSA) is 175 Å². The number of aryl methyl sites for hydroxylation is 2. The predicted molar refractivity (Wildman–Crippen MR) is 188 cm³/mol. The van der Waals surface area contributed by atoms with Gasteiger partial charge in [-0.25, -0.2) is 4.79 Å². The van der Waals surface area contributed by atoms with Crippen molar-refractivity contribution in [3.8, 4) is 5.75 Å². The summed E-state index contributed by atoms with van der Waals surface area (Å²) < 4.78 is 11.6. The maximum atomic E-state index is 13.8. The number of hydrogen-bond donors (Lipinski definition) is 5. The van der Waals surface area contributed by atoms with E-state index in [-0.39, 0.29) is 36.0 Å². The third-order valence-electron chi connectivity index (χ3n) is 8.56. The summed E-state index contributed by atoms with van der Waals surface area (Å²) in [7, 11) is 1.98. The summed E-state index contributed by atoms with van der Waals surface area (Å²) in [6, 6.07) is 18.5. The molecule has 3 aromatic carbocycles. The van der Waals surface area contributed by atoms with Crippen LogP contribution in [-0.4, -0.2) is 76.8 Å². The number of urea groups is 1. The molecule has 0 fully saturated rings. The SMILES string of the molecule is Cc1noc(C)c1NC(=O)Nc1ccc2c(c1)C(=O)N([C@@H](C)CO)C[C@H](C)[C@H](CN(C)Cc1ccc(C(=O)Nc3ccccc3N)cc1)O2. The number of para-hydroxylation sites is 2. The molecule has 5 rings (SSSR count). The summed E-state index contributed by atoms with van der Waals surface area (Å²) in [6.45, 7) is 8.52. The summed E-state index contributed by atoms with van der Waals surface area (Å²) >= 11 is 0. The molecule has 1 aromatic heterocycles. The third-order valence-corrected chi connectivity index (χ3v) is 8.56. The van der Waals surface area contributed by atoms with Gasteiger partial charge in [-0.05, 0) is 75.8 Å². The molecular weight excluding hydrogens is 626 g/mol. The molecule has 258 valence electrons. The second kappa shape index (κ2) is 15.2. The van der Waals surface area contributed by atoms with Gasteiger partial charge in [0.25, 0.3) is 11.8 Å². The van der Waals surface area contributed by atoms with Gasteiger partial charge in [-0.3, -0.25) is 14.5 Å². The van der Waals surface area contributed by atoms with Crippen LogP contribution >= 0.6 is 0 Å². The van der Waals surface area contributed by atoms with E-state index in [0.717, 1.165) is 5.56 Å². The Bertz CT molecular complexity index is 1790. The zero-order valence-corrected chi connectivity index (χ0v) is 28.3. The van der Waals surface area contributed by atoms with E-state index in [1.165, 1.54) is 0 Å². The zero-order valence-electron chi connectivity index (χ0n) is 28.3. The number of fused-ring (bicyclic) bond motifs is 1. The number of nitrogens with one attached hydrogen (secondary N) is 3. The van der Waals surface area contributed by atoms with Gasteiger partial charge in [0.1, 0.15) is 23.2 Å². The first-order valence-corrected chi connectivity index (χ1v) is 16.1. The van der Waals surface area contributed by atoms with E-state index in [0.29, 0.717) is 65.2 Å². The average Bonchev–Trinajstić information content (AvgIpc) is 3.39. The summed E-state index contributed by atoms with van der Waals surface area (Å²) in [5, 5.41) is 22.2. The highest BCUT2D eigenvalue weighted by atomic mass is 16.5. The number of aromatic nitrogens is 1. The van der Waals surface area contributed by atoms with E-state index in [9.17, 15) is 19.5 Å². The molecule has 49 heavy (non-hydrogen) atoms. The largest absolute Gasteiger partial charge is 0.488 e. The highest BCUT2D eigenvalue weighted by Gasteiger charge is 2.33. The van der Waals surface area contributed by atoms with Gasteiger partial charge in [0, 0.05) is 36.8 Å². The maximum absolute atomic E-state index is 13.8. The molecule has 0 saturated heterocycles. The summed E-state index contributed by atoms with van der Waals surface area (Å²) in [4.78, 5) is 43.2. The Kier molecular flexibility index (Phi) is 10.8. The maximum Gasteiger partial charge on any atom is 0.323 e. The van der Waals surface area contributed by atoms with E-state index in [1.807, 2.05) is 38.2 Å². The van der Waals surface area contributed by atoms with Crippen LogP contribution in [0.25, 0.3) is 0 Å². The summed E-state index contributed by atoms with van der Waals surface area (Å²) in [5.74, 6) is 0.232. The molecule has 1 aliphatic rings. The number of aliphatic hydroxyl groups is 1.